The lowest BCUT2D eigenvalue weighted by Gasteiger charge is -2.13. The van der Waals surface area contributed by atoms with E-state index in [-0.39, 0.29) is 0 Å². The molecule has 0 radical (unpaired) electrons. The molecule has 4 heteroatoms. The lowest BCUT2D eigenvalue weighted by molar-refractivity contribution is 0.533. The monoisotopic (exact) mass is 275 g/mol. The van der Waals surface area contributed by atoms with Gasteiger partial charge in [0.05, 0.1) is 11.9 Å². The van der Waals surface area contributed by atoms with E-state index in [0.29, 0.717) is 6.04 Å². The maximum absolute atomic E-state index is 5.95. The Morgan fingerprint density at radius 3 is 2.79 bits per heavy atom. The van der Waals surface area contributed by atoms with E-state index in [9.17, 15) is 0 Å². The van der Waals surface area contributed by atoms with Crippen molar-refractivity contribution in [2.45, 2.75) is 31.7 Å². The Morgan fingerprint density at radius 1 is 1.26 bits per heavy atom. The normalized spacial score (nSPS) is 18.9. The Kier molecular flexibility index (Phi) is 3.58. The zero-order valence-electron chi connectivity index (χ0n) is 11.1. The van der Waals surface area contributed by atoms with Crippen molar-refractivity contribution < 1.29 is 0 Å². The van der Waals surface area contributed by atoms with E-state index in [4.69, 9.17) is 11.6 Å². The predicted octanol–water partition coefficient (Wildman–Crippen LogP) is 3.51. The quantitative estimate of drug-likeness (QED) is 0.850. The first-order valence-electron chi connectivity index (χ1n) is 6.79. The summed E-state index contributed by atoms with van der Waals surface area (Å²) < 4.78 is 2.06. The minimum atomic E-state index is 0.429. The molecule has 1 aromatic heterocycles. The van der Waals surface area contributed by atoms with Crippen LogP contribution in [0.2, 0.25) is 5.02 Å². The number of hydrogen-bond donors (Lipinski definition) is 1. The lowest BCUT2D eigenvalue weighted by atomic mass is 10.1. The Labute approximate surface area is 118 Å². The molecule has 3 nitrogen and oxygen atoms in total. The fourth-order valence-corrected chi connectivity index (χ4v) is 2.95. The van der Waals surface area contributed by atoms with Crippen LogP contribution in [0.5, 0.6) is 0 Å². The van der Waals surface area contributed by atoms with Gasteiger partial charge in [-0.3, -0.25) is 0 Å². The Balaban J connectivity index is 2.04. The molecule has 1 aromatic carbocycles. The molecule has 0 amide bonds. The van der Waals surface area contributed by atoms with Crippen LogP contribution >= 0.6 is 11.6 Å². The number of benzene rings is 1. The number of nitrogens with one attached hydrogen (secondary N) is 1. The van der Waals surface area contributed by atoms with Crippen LogP contribution in [0.1, 0.15) is 36.6 Å². The van der Waals surface area contributed by atoms with Gasteiger partial charge in [0.2, 0.25) is 0 Å². The first-order valence-corrected chi connectivity index (χ1v) is 7.17. The molecule has 0 spiro atoms. The van der Waals surface area contributed by atoms with Gasteiger partial charge in [-0.25, -0.2) is 4.68 Å². The highest BCUT2D eigenvalue weighted by atomic mass is 35.5. The smallest absolute Gasteiger partial charge is 0.0649 e. The van der Waals surface area contributed by atoms with Crippen molar-refractivity contribution in [3.05, 3.63) is 46.7 Å². The van der Waals surface area contributed by atoms with E-state index in [1.54, 1.807) is 0 Å². The van der Waals surface area contributed by atoms with Crippen LogP contribution in [-0.4, -0.2) is 16.8 Å². The Bertz CT molecular complexity index is 559. The molecule has 0 bridgehead atoms. The molecule has 1 atom stereocenters. The van der Waals surface area contributed by atoms with E-state index < -0.39 is 0 Å². The summed E-state index contributed by atoms with van der Waals surface area (Å²) in [5.41, 5.74) is 3.76. The van der Waals surface area contributed by atoms with E-state index in [1.807, 2.05) is 37.5 Å². The number of rotatable bonds is 2. The molecule has 0 aliphatic heterocycles. The summed E-state index contributed by atoms with van der Waals surface area (Å²) in [6.45, 7) is 0. The highest BCUT2D eigenvalue weighted by molar-refractivity contribution is 6.30. The van der Waals surface area contributed by atoms with Crippen molar-refractivity contribution in [2.24, 2.45) is 0 Å². The number of fused-ring (bicyclic) bond motifs is 1. The van der Waals surface area contributed by atoms with Crippen molar-refractivity contribution in [2.75, 3.05) is 7.05 Å². The van der Waals surface area contributed by atoms with Gasteiger partial charge >= 0.3 is 0 Å². The second kappa shape index (κ2) is 5.35. The van der Waals surface area contributed by atoms with E-state index in [0.717, 1.165) is 17.1 Å². The number of nitrogens with zero attached hydrogens (tertiary/aromatic N) is 2. The van der Waals surface area contributed by atoms with Crippen LogP contribution in [0.4, 0.5) is 0 Å². The largest absolute Gasteiger partial charge is 0.313 e. The summed E-state index contributed by atoms with van der Waals surface area (Å²) in [5, 5.41) is 8.73. The van der Waals surface area contributed by atoms with Gasteiger partial charge in [-0.1, -0.05) is 18.0 Å². The highest BCUT2D eigenvalue weighted by Gasteiger charge is 2.21. The van der Waals surface area contributed by atoms with E-state index >= 15 is 0 Å². The predicted molar refractivity (Wildman–Crippen MR) is 77.9 cm³/mol. The third-order valence-electron chi connectivity index (χ3n) is 3.85. The molecule has 1 N–H and O–H groups in total. The van der Waals surface area contributed by atoms with Crippen LogP contribution in [0.25, 0.3) is 5.69 Å². The van der Waals surface area contributed by atoms with Crippen LogP contribution in [0.15, 0.2) is 30.5 Å². The summed E-state index contributed by atoms with van der Waals surface area (Å²) >= 11 is 5.95. The fraction of sp³-hybridized carbons (Fsp3) is 0.400. The topological polar surface area (TPSA) is 29.9 Å². The average molecular weight is 276 g/mol. The minimum absolute atomic E-state index is 0.429. The van der Waals surface area contributed by atoms with Crippen LogP contribution in [0, 0.1) is 0 Å². The van der Waals surface area contributed by atoms with Gasteiger partial charge in [-0.05, 0) is 50.6 Å². The summed E-state index contributed by atoms with van der Waals surface area (Å²) in [4.78, 5) is 0. The third-order valence-corrected chi connectivity index (χ3v) is 4.10. The first kappa shape index (κ1) is 12.7. The molecule has 3 rings (SSSR count). The Morgan fingerprint density at radius 2 is 2.05 bits per heavy atom. The van der Waals surface area contributed by atoms with E-state index in [1.165, 1.54) is 30.5 Å². The number of hydrogen-bond acceptors (Lipinski definition) is 2. The van der Waals surface area contributed by atoms with Crippen LogP contribution in [-0.2, 0) is 6.42 Å². The molecule has 1 aliphatic rings. The van der Waals surface area contributed by atoms with E-state index in [2.05, 4.69) is 15.1 Å². The third kappa shape index (κ3) is 2.40. The SMILES string of the molecule is CNC1CCCCc2c1cnn2-c1ccc(Cl)cc1. The molecule has 0 saturated heterocycles. The van der Waals surface area contributed by atoms with Gasteiger partial charge in [0.15, 0.2) is 0 Å². The molecule has 0 fully saturated rings. The molecule has 100 valence electrons. The zero-order valence-corrected chi connectivity index (χ0v) is 11.8. The van der Waals surface area contributed by atoms with Crippen molar-refractivity contribution in [1.29, 1.82) is 0 Å². The summed E-state index contributed by atoms with van der Waals surface area (Å²) in [5.74, 6) is 0. The highest BCUT2D eigenvalue weighted by Crippen LogP contribution is 2.29. The van der Waals surface area contributed by atoms with Crippen molar-refractivity contribution in [3.63, 3.8) is 0 Å². The molecule has 19 heavy (non-hydrogen) atoms. The van der Waals surface area contributed by atoms with Gasteiger partial charge < -0.3 is 5.32 Å². The first-order chi connectivity index (χ1) is 9.29. The molecule has 2 aromatic rings. The van der Waals surface area contributed by atoms with Gasteiger partial charge in [-0.2, -0.15) is 5.10 Å². The maximum Gasteiger partial charge on any atom is 0.0649 e. The molecule has 0 saturated carbocycles. The van der Waals surface area contributed by atoms with Gasteiger partial charge in [0.1, 0.15) is 0 Å². The van der Waals surface area contributed by atoms with Crippen molar-refractivity contribution >= 4 is 11.6 Å². The van der Waals surface area contributed by atoms with Gasteiger partial charge in [0.25, 0.3) is 0 Å². The minimum Gasteiger partial charge on any atom is -0.313 e. The second-order valence-electron chi connectivity index (χ2n) is 5.02. The average Bonchev–Trinajstić information content (AvgIpc) is 2.73. The second-order valence-corrected chi connectivity index (χ2v) is 5.46. The van der Waals surface area contributed by atoms with Crippen molar-refractivity contribution in [3.8, 4) is 5.69 Å². The van der Waals surface area contributed by atoms with Gasteiger partial charge in [-0.15, -0.1) is 0 Å². The zero-order chi connectivity index (χ0) is 13.2. The molecular formula is C15H18ClN3. The number of halogens is 1. The fourth-order valence-electron chi connectivity index (χ4n) is 2.83. The van der Waals surface area contributed by atoms with Crippen LogP contribution < -0.4 is 5.32 Å². The maximum atomic E-state index is 5.95. The molecular weight excluding hydrogens is 258 g/mol. The standard InChI is InChI=1S/C15H18ClN3/c1-17-14-4-2-3-5-15-13(14)10-18-19(15)12-8-6-11(16)7-9-12/h6-10,14,17H,2-5H2,1H3. The van der Waals surface area contributed by atoms with Gasteiger partial charge in [0, 0.05) is 22.3 Å². The summed E-state index contributed by atoms with van der Waals surface area (Å²) in [7, 11) is 2.03. The lowest BCUT2D eigenvalue weighted by Crippen LogP contribution is -2.16. The summed E-state index contributed by atoms with van der Waals surface area (Å²) in [6.07, 6.45) is 6.79. The number of aromatic nitrogens is 2. The van der Waals surface area contributed by atoms with Crippen molar-refractivity contribution in [1.82, 2.24) is 15.1 Å². The molecule has 1 unspecified atom stereocenters. The summed E-state index contributed by atoms with van der Waals surface area (Å²) in [6, 6.07) is 8.30. The molecule has 1 heterocycles. The Hall–Kier alpha value is -1.32. The molecule has 1 aliphatic carbocycles. The van der Waals surface area contributed by atoms with Crippen LogP contribution in [0.3, 0.4) is 0 Å².